The normalized spacial score (nSPS) is 17.0. The molecule has 1 atom stereocenters. The molecule has 0 saturated heterocycles. The fraction of sp³-hybridized carbons (Fsp3) is 0.167. The highest BCUT2D eigenvalue weighted by Crippen LogP contribution is 2.28. The molecule has 0 aliphatic carbocycles. The third-order valence-corrected chi connectivity index (χ3v) is 4.08. The average molecular weight is 275 g/mol. The van der Waals surface area contributed by atoms with Crippen LogP contribution in [-0.4, -0.2) is 16.3 Å². The lowest BCUT2D eigenvalue weighted by Gasteiger charge is -2.26. The quantitative estimate of drug-likeness (QED) is 0.771. The highest BCUT2D eigenvalue weighted by Gasteiger charge is 2.20. The van der Waals surface area contributed by atoms with Crippen LogP contribution in [-0.2, 0) is 6.42 Å². The van der Waals surface area contributed by atoms with Crippen molar-refractivity contribution in [2.45, 2.75) is 12.5 Å². The molecular formula is C18H17N3. The van der Waals surface area contributed by atoms with Crippen LogP contribution >= 0.6 is 0 Å². The first-order valence-electron chi connectivity index (χ1n) is 7.31. The minimum Gasteiger partial charge on any atom is -0.383 e. The maximum atomic E-state index is 4.57. The Labute approximate surface area is 124 Å². The number of hydrogen-bond acceptors (Lipinski definition) is 2. The van der Waals surface area contributed by atoms with E-state index in [-0.39, 0.29) is 0 Å². The molecule has 2 aromatic carbocycles. The van der Waals surface area contributed by atoms with Crippen LogP contribution in [0.25, 0.3) is 11.1 Å². The molecule has 21 heavy (non-hydrogen) atoms. The molecular weight excluding hydrogens is 258 g/mol. The van der Waals surface area contributed by atoms with Crippen molar-refractivity contribution in [1.29, 1.82) is 0 Å². The summed E-state index contributed by atoms with van der Waals surface area (Å²) in [6.45, 7) is 0.924. The van der Waals surface area contributed by atoms with Gasteiger partial charge in [-0.05, 0) is 23.6 Å². The van der Waals surface area contributed by atoms with E-state index in [0.29, 0.717) is 6.04 Å². The summed E-state index contributed by atoms with van der Waals surface area (Å²) in [6.07, 6.45) is 5.13. The van der Waals surface area contributed by atoms with Crippen LogP contribution in [0.15, 0.2) is 67.0 Å². The molecule has 0 bridgehead atoms. The summed E-state index contributed by atoms with van der Waals surface area (Å²) in [5.41, 5.74) is 5.01. The number of anilines is 1. The number of hydrogen-bond donors (Lipinski definition) is 1. The van der Waals surface area contributed by atoms with Crippen LogP contribution in [0, 0.1) is 0 Å². The van der Waals surface area contributed by atoms with Gasteiger partial charge in [-0.25, -0.2) is 0 Å². The van der Waals surface area contributed by atoms with Crippen LogP contribution in [0.5, 0.6) is 0 Å². The fourth-order valence-electron chi connectivity index (χ4n) is 2.93. The molecule has 3 heteroatoms. The maximum absolute atomic E-state index is 4.57. The van der Waals surface area contributed by atoms with Gasteiger partial charge >= 0.3 is 0 Å². The molecule has 3 aromatic rings. The number of fused-ring (bicyclic) bond motifs is 1. The van der Waals surface area contributed by atoms with Crippen molar-refractivity contribution >= 4 is 5.69 Å². The highest BCUT2D eigenvalue weighted by molar-refractivity contribution is 5.61. The van der Waals surface area contributed by atoms with Crippen molar-refractivity contribution < 1.29 is 0 Å². The van der Waals surface area contributed by atoms with Crippen LogP contribution in [0.3, 0.4) is 0 Å². The fourth-order valence-corrected chi connectivity index (χ4v) is 2.93. The van der Waals surface area contributed by atoms with Crippen molar-refractivity contribution in [3.05, 3.63) is 72.6 Å². The Kier molecular flexibility index (Phi) is 2.96. The number of benzene rings is 2. The Bertz CT molecular complexity index is 746. The molecule has 1 aliphatic heterocycles. The summed E-state index contributed by atoms with van der Waals surface area (Å²) in [5, 5.41) is 8.07. The first kappa shape index (κ1) is 12.2. The minimum absolute atomic E-state index is 0.373. The first-order chi connectivity index (χ1) is 10.4. The third-order valence-electron chi connectivity index (χ3n) is 4.08. The average Bonchev–Trinajstić information content (AvgIpc) is 3.05. The summed E-state index contributed by atoms with van der Waals surface area (Å²) in [4.78, 5) is 0. The van der Waals surface area contributed by atoms with Crippen LogP contribution < -0.4 is 5.32 Å². The summed E-state index contributed by atoms with van der Waals surface area (Å²) < 4.78 is 2.09. The zero-order valence-electron chi connectivity index (χ0n) is 11.7. The zero-order chi connectivity index (χ0) is 14.1. The molecule has 1 aliphatic rings. The van der Waals surface area contributed by atoms with Gasteiger partial charge in [-0.2, -0.15) is 5.10 Å². The summed E-state index contributed by atoms with van der Waals surface area (Å²) in [7, 11) is 0. The lowest BCUT2D eigenvalue weighted by Crippen LogP contribution is -2.26. The Morgan fingerprint density at radius 3 is 2.67 bits per heavy atom. The molecule has 0 amide bonds. The Morgan fingerprint density at radius 1 is 0.952 bits per heavy atom. The number of nitrogens with zero attached hydrogens (tertiary/aromatic N) is 2. The lowest BCUT2D eigenvalue weighted by molar-refractivity contribution is 0.462. The van der Waals surface area contributed by atoms with E-state index >= 15 is 0 Å². The van der Waals surface area contributed by atoms with E-state index in [4.69, 9.17) is 0 Å². The number of aromatic nitrogens is 2. The second kappa shape index (κ2) is 5.09. The second-order valence-corrected chi connectivity index (χ2v) is 5.47. The van der Waals surface area contributed by atoms with Gasteiger partial charge in [0.15, 0.2) is 0 Å². The van der Waals surface area contributed by atoms with Crippen molar-refractivity contribution in [1.82, 2.24) is 9.78 Å². The number of para-hydroxylation sites is 1. The summed E-state index contributed by atoms with van der Waals surface area (Å²) >= 11 is 0. The van der Waals surface area contributed by atoms with Crippen LogP contribution in [0.2, 0.25) is 0 Å². The highest BCUT2D eigenvalue weighted by atomic mass is 15.3. The largest absolute Gasteiger partial charge is 0.383 e. The molecule has 0 fully saturated rings. The zero-order valence-corrected chi connectivity index (χ0v) is 11.7. The van der Waals surface area contributed by atoms with Crippen molar-refractivity contribution in [3.8, 4) is 11.1 Å². The molecule has 2 heterocycles. The van der Waals surface area contributed by atoms with Crippen LogP contribution in [0.4, 0.5) is 5.69 Å². The molecule has 1 N–H and O–H groups in total. The van der Waals surface area contributed by atoms with Gasteiger partial charge in [0, 0.05) is 24.0 Å². The van der Waals surface area contributed by atoms with Crippen molar-refractivity contribution in [2.75, 3.05) is 11.9 Å². The van der Waals surface area contributed by atoms with Gasteiger partial charge in [0.05, 0.1) is 12.2 Å². The smallest absolute Gasteiger partial charge is 0.0732 e. The molecule has 1 aromatic heterocycles. The van der Waals surface area contributed by atoms with Crippen molar-refractivity contribution in [3.63, 3.8) is 0 Å². The Balaban J connectivity index is 1.60. The predicted molar refractivity (Wildman–Crippen MR) is 85.3 cm³/mol. The van der Waals surface area contributed by atoms with E-state index < -0.39 is 0 Å². The van der Waals surface area contributed by atoms with Crippen molar-refractivity contribution in [2.24, 2.45) is 0 Å². The maximum Gasteiger partial charge on any atom is 0.0732 e. The molecule has 4 rings (SSSR count). The second-order valence-electron chi connectivity index (χ2n) is 5.47. The third kappa shape index (κ3) is 2.31. The number of rotatable bonds is 2. The van der Waals surface area contributed by atoms with Gasteiger partial charge in [-0.3, -0.25) is 4.68 Å². The predicted octanol–water partition coefficient (Wildman–Crippen LogP) is 3.76. The van der Waals surface area contributed by atoms with Crippen LogP contribution in [0.1, 0.15) is 11.6 Å². The van der Waals surface area contributed by atoms with Gasteiger partial charge in [0.25, 0.3) is 0 Å². The standard InChI is InChI=1S/C18H17N3/c1-2-6-14(7-3-1)16-11-20-21(13-16)17-10-15-8-4-5-9-18(15)19-12-17/h1-9,11,13,17,19H,10,12H2. The molecule has 0 spiro atoms. The lowest BCUT2D eigenvalue weighted by atomic mass is 10.00. The minimum atomic E-state index is 0.373. The Morgan fingerprint density at radius 2 is 1.76 bits per heavy atom. The summed E-state index contributed by atoms with van der Waals surface area (Å²) in [6, 6.07) is 19.3. The molecule has 3 nitrogen and oxygen atoms in total. The molecule has 1 unspecified atom stereocenters. The molecule has 104 valence electrons. The van der Waals surface area contributed by atoms with Gasteiger partial charge in [-0.15, -0.1) is 0 Å². The SMILES string of the molecule is c1ccc(-c2cnn(C3CNc4ccccc4C3)c2)cc1. The van der Waals surface area contributed by atoms with Gasteiger partial charge in [0.1, 0.15) is 0 Å². The van der Waals surface area contributed by atoms with E-state index in [9.17, 15) is 0 Å². The molecule has 0 radical (unpaired) electrons. The van der Waals surface area contributed by atoms with E-state index in [2.05, 4.69) is 69.8 Å². The van der Waals surface area contributed by atoms with Gasteiger partial charge in [-0.1, -0.05) is 48.5 Å². The topological polar surface area (TPSA) is 29.9 Å². The van der Waals surface area contributed by atoms with E-state index in [1.165, 1.54) is 22.4 Å². The number of nitrogens with one attached hydrogen (secondary N) is 1. The summed E-state index contributed by atoms with van der Waals surface area (Å²) in [5.74, 6) is 0. The van der Waals surface area contributed by atoms with E-state index in [0.717, 1.165) is 13.0 Å². The van der Waals surface area contributed by atoms with Gasteiger partial charge in [0.2, 0.25) is 0 Å². The van der Waals surface area contributed by atoms with E-state index in [1.807, 2.05) is 12.3 Å². The van der Waals surface area contributed by atoms with E-state index in [1.54, 1.807) is 0 Å². The Hall–Kier alpha value is -2.55. The first-order valence-corrected chi connectivity index (χ1v) is 7.31. The van der Waals surface area contributed by atoms with Gasteiger partial charge < -0.3 is 5.32 Å². The monoisotopic (exact) mass is 275 g/mol. The molecule has 0 saturated carbocycles.